The van der Waals surface area contributed by atoms with Crippen molar-refractivity contribution < 1.29 is 9.53 Å². The van der Waals surface area contributed by atoms with Gasteiger partial charge in [0.25, 0.3) is 5.91 Å². The van der Waals surface area contributed by atoms with Gasteiger partial charge in [0.1, 0.15) is 12.4 Å². The molecule has 0 saturated heterocycles. The number of carbonyl (C=O) groups excluding carboxylic acids is 1. The number of nitrogens with zero attached hydrogens (tertiary/aromatic N) is 4. The summed E-state index contributed by atoms with van der Waals surface area (Å²) in [5, 5.41) is 15.4. The van der Waals surface area contributed by atoms with Crippen LogP contribution in [0.15, 0.2) is 70.4 Å². The SMILES string of the molecule is CCC(C)c1ccc(OCCn2cc(/C=C3\C(=N)N4N=CSC4=NC3=O)c3ccccc32)cc1. The monoisotopic (exact) mass is 471 g/mol. The number of amidine groups is 2. The van der Waals surface area contributed by atoms with Gasteiger partial charge in [0.15, 0.2) is 11.0 Å². The maximum atomic E-state index is 12.6. The molecule has 7 nitrogen and oxygen atoms in total. The number of para-hydroxylation sites is 1. The van der Waals surface area contributed by atoms with Gasteiger partial charge in [-0.05, 0) is 53.9 Å². The second-order valence-corrected chi connectivity index (χ2v) is 9.09. The van der Waals surface area contributed by atoms with Crippen LogP contribution in [0.25, 0.3) is 17.0 Å². The molecule has 1 unspecified atom stereocenters. The Kier molecular flexibility index (Phi) is 6.06. The highest BCUT2D eigenvalue weighted by atomic mass is 32.2. The van der Waals surface area contributed by atoms with Crippen LogP contribution in [0, 0.1) is 5.41 Å². The second kappa shape index (κ2) is 9.30. The number of amides is 1. The molecular weight excluding hydrogens is 446 g/mol. The van der Waals surface area contributed by atoms with Crippen LogP contribution in [0.4, 0.5) is 0 Å². The standard InChI is InChI=1S/C26H25N5O2S/c1-3-17(2)18-8-10-20(11-9-18)33-13-12-30-15-19(21-6-4-5-7-23(21)30)14-22-24(27)31-26(29-25(22)32)34-16-28-31/h4-11,14-17,27H,3,12-13H2,1-2H3/b22-14+,27-24?. The van der Waals surface area contributed by atoms with Crippen molar-refractivity contribution in [3.8, 4) is 5.75 Å². The zero-order valence-electron chi connectivity index (χ0n) is 19.1. The molecule has 2 aliphatic heterocycles. The smallest absolute Gasteiger partial charge is 0.283 e. The number of hydrazone groups is 1. The Labute approximate surface area is 202 Å². The fraction of sp³-hybridized carbons (Fsp3) is 0.231. The van der Waals surface area contributed by atoms with Crippen LogP contribution in [-0.4, -0.2) is 38.6 Å². The molecule has 1 atom stereocenters. The van der Waals surface area contributed by atoms with Crippen molar-refractivity contribution in [1.29, 1.82) is 5.41 Å². The van der Waals surface area contributed by atoms with Crippen molar-refractivity contribution in [3.05, 3.63) is 71.4 Å². The van der Waals surface area contributed by atoms with Crippen molar-refractivity contribution in [2.24, 2.45) is 10.1 Å². The molecule has 5 rings (SSSR count). The Morgan fingerprint density at radius 2 is 1.97 bits per heavy atom. The number of hydrogen-bond donors (Lipinski definition) is 1. The van der Waals surface area contributed by atoms with E-state index in [4.69, 9.17) is 10.1 Å². The topological polar surface area (TPSA) is 83.0 Å². The number of aliphatic imine (C=N–C) groups is 1. The minimum Gasteiger partial charge on any atom is -0.492 e. The summed E-state index contributed by atoms with van der Waals surface area (Å²) in [7, 11) is 0. The van der Waals surface area contributed by atoms with E-state index in [1.54, 1.807) is 11.6 Å². The first-order valence-corrected chi connectivity index (χ1v) is 12.2. The van der Waals surface area contributed by atoms with Crippen LogP contribution in [0.2, 0.25) is 0 Å². The highest BCUT2D eigenvalue weighted by Gasteiger charge is 2.32. The Morgan fingerprint density at radius 3 is 2.76 bits per heavy atom. The van der Waals surface area contributed by atoms with Crippen LogP contribution in [-0.2, 0) is 11.3 Å². The van der Waals surface area contributed by atoms with Gasteiger partial charge in [0.05, 0.1) is 17.7 Å². The van der Waals surface area contributed by atoms with Crippen LogP contribution >= 0.6 is 11.8 Å². The lowest BCUT2D eigenvalue weighted by Crippen LogP contribution is -2.35. The molecule has 0 saturated carbocycles. The normalized spacial score (nSPS) is 17.4. The number of thioether (sulfide) groups is 1. The molecule has 3 heterocycles. The third kappa shape index (κ3) is 4.17. The van der Waals surface area contributed by atoms with Crippen molar-refractivity contribution >= 4 is 51.2 Å². The van der Waals surface area contributed by atoms with E-state index in [2.05, 4.69) is 40.6 Å². The van der Waals surface area contributed by atoms with Crippen molar-refractivity contribution in [1.82, 2.24) is 9.58 Å². The summed E-state index contributed by atoms with van der Waals surface area (Å²) >= 11 is 1.24. The van der Waals surface area contributed by atoms with Crippen LogP contribution in [0.1, 0.15) is 37.3 Å². The molecular formula is C26H25N5O2S. The Balaban J connectivity index is 1.36. The highest BCUT2D eigenvalue weighted by Crippen LogP contribution is 2.28. The van der Waals surface area contributed by atoms with Crippen LogP contribution < -0.4 is 4.74 Å². The molecule has 1 N–H and O–H groups in total. The highest BCUT2D eigenvalue weighted by molar-refractivity contribution is 8.25. The van der Waals surface area contributed by atoms with Gasteiger partial charge in [-0.25, -0.2) is 0 Å². The van der Waals surface area contributed by atoms with Gasteiger partial charge in [0.2, 0.25) is 0 Å². The molecule has 0 radical (unpaired) electrons. The number of ether oxygens (including phenoxy) is 1. The molecule has 172 valence electrons. The van der Waals surface area contributed by atoms with E-state index < -0.39 is 5.91 Å². The minimum absolute atomic E-state index is 0.0391. The predicted octanol–water partition coefficient (Wildman–Crippen LogP) is 5.48. The maximum absolute atomic E-state index is 12.6. The fourth-order valence-corrected chi connectivity index (χ4v) is 4.67. The van der Waals surface area contributed by atoms with Crippen LogP contribution in [0.5, 0.6) is 5.75 Å². The van der Waals surface area contributed by atoms with E-state index >= 15 is 0 Å². The summed E-state index contributed by atoms with van der Waals surface area (Å²) in [6, 6.07) is 16.3. The first-order chi connectivity index (χ1) is 16.5. The zero-order chi connectivity index (χ0) is 23.7. The Hall–Kier alpha value is -3.65. The average molecular weight is 472 g/mol. The predicted molar refractivity (Wildman–Crippen MR) is 139 cm³/mol. The minimum atomic E-state index is -0.421. The first kappa shape index (κ1) is 22.2. The van der Waals surface area contributed by atoms with Crippen molar-refractivity contribution in [2.75, 3.05) is 6.61 Å². The molecule has 3 aromatic rings. The summed E-state index contributed by atoms with van der Waals surface area (Å²) in [6.45, 7) is 5.58. The van der Waals surface area contributed by atoms with Crippen LogP contribution in [0.3, 0.4) is 0 Å². The lowest BCUT2D eigenvalue weighted by molar-refractivity contribution is -0.114. The number of rotatable bonds is 7. The van der Waals surface area contributed by atoms with Gasteiger partial charge in [-0.15, -0.1) is 0 Å². The lowest BCUT2D eigenvalue weighted by Gasteiger charge is -2.20. The molecule has 0 fully saturated rings. The molecule has 2 aromatic carbocycles. The van der Waals surface area contributed by atoms with Crippen molar-refractivity contribution in [3.63, 3.8) is 0 Å². The summed E-state index contributed by atoms with van der Waals surface area (Å²) in [5.74, 6) is 1.01. The lowest BCUT2D eigenvalue weighted by atomic mass is 9.99. The molecule has 34 heavy (non-hydrogen) atoms. The number of aromatic nitrogens is 1. The van der Waals surface area contributed by atoms with E-state index in [0.717, 1.165) is 28.6 Å². The van der Waals surface area contributed by atoms with Crippen molar-refractivity contribution in [2.45, 2.75) is 32.7 Å². The Morgan fingerprint density at radius 1 is 1.18 bits per heavy atom. The Bertz CT molecular complexity index is 1350. The number of carbonyl (C=O) groups is 1. The molecule has 0 bridgehead atoms. The molecule has 2 aliphatic rings. The van der Waals surface area contributed by atoms with Gasteiger partial charge in [-0.1, -0.05) is 44.2 Å². The van der Waals surface area contributed by atoms with E-state index in [-0.39, 0.29) is 11.4 Å². The number of hydrogen-bond acceptors (Lipinski definition) is 5. The van der Waals surface area contributed by atoms with E-state index in [1.165, 1.54) is 22.3 Å². The van der Waals surface area contributed by atoms with E-state index in [9.17, 15) is 4.79 Å². The third-order valence-corrected chi connectivity index (χ3v) is 6.85. The van der Waals surface area contributed by atoms with E-state index in [1.807, 2.05) is 42.6 Å². The van der Waals surface area contributed by atoms with Gasteiger partial charge >= 0.3 is 0 Å². The molecule has 8 heteroatoms. The summed E-state index contributed by atoms with van der Waals surface area (Å²) in [6.07, 6.45) is 4.84. The van der Waals surface area contributed by atoms with Gasteiger partial charge in [-0.2, -0.15) is 15.1 Å². The summed E-state index contributed by atoms with van der Waals surface area (Å²) in [5.41, 5.74) is 5.02. The number of nitrogens with one attached hydrogen (secondary N) is 1. The van der Waals surface area contributed by atoms with Gasteiger partial charge < -0.3 is 9.30 Å². The third-order valence-electron chi connectivity index (χ3n) is 6.18. The number of fused-ring (bicyclic) bond motifs is 2. The van der Waals surface area contributed by atoms with E-state index in [0.29, 0.717) is 24.2 Å². The first-order valence-electron chi connectivity index (χ1n) is 11.3. The quantitative estimate of drug-likeness (QED) is 0.462. The zero-order valence-corrected chi connectivity index (χ0v) is 19.9. The number of benzene rings is 2. The molecule has 0 aliphatic carbocycles. The fourth-order valence-electron chi connectivity index (χ4n) is 4.06. The van der Waals surface area contributed by atoms with Gasteiger partial charge in [-0.3, -0.25) is 10.2 Å². The molecule has 1 aromatic heterocycles. The average Bonchev–Trinajstić information content (AvgIpc) is 3.47. The van der Waals surface area contributed by atoms with Gasteiger partial charge in [0, 0.05) is 22.7 Å². The second-order valence-electron chi connectivity index (χ2n) is 8.28. The maximum Gasteiger partial charge on any atom is 0.283 e. The summed E-state index contributed by atoms with van der Waals surface area (Å²) < 4.78 is 8.12. The molecule has 0 spiro atoms. The summed E-state index contributed by atoms with van der Waals surface area (Å²) in [4.78, 5) is 16.7. The molecule has 1 amide bonds. The largest absolute Gasteiger partial charge is 0.492 e.